The van der Waals surface area contributed by atoms with Crippen LogP contribution in [0.1, 0.15) is 52.0 Å². The van der Waals surface area contributed by atoms with Gasteiger partial charge in [-0.1, -0.05) is 6.92 Å². The number of likely N-dealkylation sites (N-methyl/N-ethyl adjacent to an activating group) is 1. The summed E-state index contributed by atoms with van der Waals surface area (Å²) in [6.45, 7) is 5.46. The van der Waals surface area contributed by atoms with Crippen molar-refractivity contribution in [2.45, 2.75) is 69.9 Å². The van der Waals surface area contributed by atoms with Gasteiger partial charge < -0.3 is 10.2 Å². The summed E-state index contributed by atoms with van der Waals surface area (Å²) in [6.07, 6.45) is 4.68. The molecule has 8 heteroatoms. The van der Waals surface area contributed by atoms with Crippen LogP contribution in [0.2, 0.25) is 0 Å². The molecule has 160 valence electrons. The second-order valence-corrected chi connectivity index (χ2v) is 10.6. The Morgan fingerprint density at radius 1 is 1.17 bits per heavy atom. The molecule has 3 rings (SSSR count). The van der Waals surface area contributed by atoms with Crippen molar-refractivity contribution in [3.63, 3.8) is 0 Å². The molecule has 1 aliphatic carbocycles. The van der Waals surface area contributed by atoms with Crippen molar-refractivity contribution < 1.29 is 18.0 Å². The number of nitrogens with one attached hydrogen (secondary N) is 1. The molecular weight excluding hydrogens is 390 g/mol. The van der Waals surface area contributed by atoms with Gasteiger partial charge in [0.2, 0.25) is 21.8 Å². The summed E-state index contributed by atoms with van der Waals surface area (Å²) in [4.78, 5) is 26.1. The van der Waals surface area contributed by atoms with E-state index in [1.54, 1.807) is 17.0 Å². The van der Waals surface area contributed by atoms with E-state index in [-0.39, 0.29) is 35.3 Å². The van der Waals surface area contributed by atoms with Crippen LogP contribution in [0, 0.1) is 5.92 Å². The van der Waals surface area contributed by atoms with Crippen LogP contribution >= 0.6 is 0 Å². The molecule has 1 atom stereocenters. The Morgan fingerprint density at radius 3 is 2.45 bits per heavy atom. The number of benzene rings is 1. The van der Waals surface area contributed by atoms with E-state index >= 15 is 0 Å². The quantitative estimate of drug-likeness (QED) is 0.790. The number of anilines is 1. The van der Waals surface area contributed by atoms with Gasteiger partial charge in [0, 0.05) is 31.7 Å². The fraction of sp³-hybridized carbons (Fsp3) is 0.619. The molecule has 1 aromatic rings. The number of carbonyl (C=O) groups excluding carboxylic acids is 2. The van der Waals surface area contributed by atoms with Crippen LogP contribution in [-0.2, 0) is 26.0 Å². The number of hydrogen-bond donors (Lipinski definition) is 1. The largest absolute Gasteiger partial charge is 0.352 e. The summed E-state index contributed by atoms with van der Waals surface area (Å²) < 4.78 is 27.0. The standard InChI is InChI=1S/C21H31N3O4S/c1-14-5-7-18(8-6-14)22-21(26)13-23(4)29(27,28)19-9-10-20-17(12-19)11-15(2)24(20)16(3)25/h9-10,12,14-15,18H,5-8,11,13H2,1-4H3,(H,22,26). The van der Waals surface area contributed by atoms with E-state index in [0.717, 1.165) is 41.2 Å². The molecule has 0 radical (unpaired) electrons. The van der Waals surface area contributed by atoms with E-state index in [2.05, 4.69) is 12.2 Å². The lowest BCUT2D eigenvalue weighted by atomic mass is 9.87. The Labute approximate surface area is 173 Å². The Balaban J connectivity index is 1.68. The molecule has 1 heterocycles. The summed E-state index contributed by atoms with van der Waals surface area (Å²) in [5.41, 5.74) is 1.60. The number of nitrogens with zero attached hydrogens (tertiary/aromatic N) is 2. The number of rotatable bonds is 5. The first kappa shape index (κ1) is 21.8. The average molecular weight is 422 g/mol. The first-order valence-electron chi connectivity index (χ1n) is 10.3. The third-order valence-corrected chi connectivity index (χ3v) is 7.86. The first-order chi connectivity index (χ1) is 13.6. The van der Waals surface area contributed by atoms with Crippen LogP contribution < -0.4 is 10.2 Å². The predicted octanol–water partition coefficient (Wildman–Crippen LogP) is 2.30. The highest BCUT2D eigenvalue weighted by Gasteiger charge is 2.31. The zero-order valence-electron chi connectivity index (χ0n) is 17.6. The molecule has 1 saturated carbocycles. The van der Waals surface area contributed by atoms with Gasteiger partial charge in [0.05, 0.1) is 11.4 Å². The summed E-state index contributed by atoms with van der Waals surface area (Å²) in [6, 6.07) is 4.96. The van der Waals surface area contributed by atoms with Crippen LogP contribution in [0.3, 0.4) is 0 Å². The zero-order chi connectivity index (χ0) is 21.3. The van der Waals surface area contributed by atoms with Gasteiger partial charge in [-0.2, -0.15) is 4.31 Å². The molecule has 1 aliphatic heterocycles. The maximum absolute atomic E-state index is 13.0. The molecule has 1 unspecified atom stereocenters. The Kier molecular flexibility index (Phi) is 6.33. The van der Waals surface area contributed by atoms with Gasteiger partial charge in [-0.05, 0) is 68.7 Å². The van der Waals surface area contributed by atoms with Crippen molar-refractivity contribution in [3.8, 4) is 0 Å². The smallest absolute Gasteiger partial charge is 0.243 e. The lowest BCUT2D eigenvalue weighted by molar-refractivity contribution is -0.122. The van der Waals surface area contributed by atoms with Gasteiger partial charge >= 0.3 is 0 Å². The van der Waals surface area contributed by atoms with Gasteiger partial charge in [0.1, 0.15) is 0 Å². The first-order valence-corrected chi connectivity index (χ1v) is 11.7. The maximum Gasteiger partial charge on any atom is 0.243 e. The second kappa shape index (κ2) is 8.44. The SMILES string of the molecule is CC(=O)N1c2ccc(S(=O)(=O)N(C)CC(=O)NC3CCC(C)CC3)cc2CC1C. The van der Waals surface area contributed by atoms with Gasteiger partial charge in [-0.25, -0.2) is 8.42 Å². The Bertz CT molecular complexity index is 891. The highest BCUT2D eigenvalue weighted by molar-refractivity contribution is 7.89. The molecular formula is C21H31N3O4S. The topological polar surface area (TPSA) is 86.8 Å². The number of sulfonamides is 1. The Hall–Kier alpha value is -1.93. The van der Waals surface area contributed by atoms with Crippen LogP contribution in [0.15, 0.2) is 23.1 Å². The normalized spacial score (nSPS) is 24.4. The van der Waals surface area contributed by atoms with Crippen molar-refractivity contribution >= 4 is 27.5 Å². The number of fused-ring (bicyclic) bond motifs is 1. The fourth-order valence-electron chi connectivity index (χ4n) is 4.39. The number of hydrogen-bond acceptors (Lipinski definition) is 4. The summed E-state index contributed by atoms with van der Waals surface area (Å²) in [7, 11) is -2.37. The molecule has 2 aliphatic rings. The highest BCUT2D eigenvalue weighted by atomic mass is 32.2. The predicted molar refractivity (Wildman–Crippen MR) is 112 cm³/mol. The molecule has 2 amide bonds. The van der Waals surface area contributed by atoms with E-state index in [1.807, 2.05) is 6.92 Å². The lowest BCUT2D eigenvalue weighted by Gasteiger charge is -2.27. The minimum absolute atomic E-state index is 0.00201. The molecule has 0 bridgehead atoms. The van der Waals surface area contributed by atoms with E-state index < -0.39 is 10.0 Å². The Morgan fingerprint density at radius 2 is 1.83 bits per heavy atom. The van der Waals surface area contributed by atoms with E-state index in [9.17, 15) is 18.0 Å². The summed E-state index contributed by atoms with van der Waals surface area (Å²) in [5, 5.41) is 2.97. The highest BCUT2D eigenvalue weighted by Crippen LogP contribution is 2.34. The third-order valence-electron chi connectivity index (χ3n) is 6.06. The molecule has 0 spiro atoms. The monoisotopic (exact) mass is 421 g/mol. The zero-order valence-corrected chi connectivity index (χ0v) is 18.5. The average Bonchev–Trinajstić information content (AvgIpc) is 2.98. The van der Waals surface area contributed by atoms with Crippen molar-refractivity contribution in [1.82, 2.24) is 9.62 Å². The molecule has 1 aromatic carbocycles. The third kappa shape index (κ3) is 4.64. The maximum atomic E-state index is 13.0. The van der Waals surface area contributed by atoms with Crippen molar-refractivity contribution in [2.75, 3.05) is 18.5 Å². The minimum Gasteiger partial charge on any atom is -0.352 e. The van der Waals surface area contributed by atoms with Gasteiger partial charge in [-0.15, -0.1) is 0 Å². The van der Waals surface area contributed by atoms with Crippen LogP contribution in [-0.4, -0.2) is 50.2 Å². The van der Waals surface area contributed by atoms with Crippen molar-refractivity contribution in [1.29, 1.82) is 0 Å². The van der Waals surface area contributed by atoms with Gasteiger partial charge in [-0.3, -0.25) is 9.59 Å². The molecule has 1 N–H and O–H groups in total. The van der Waals surface area contributed by atoms with Crippen molar-refractivity contribution in [3.05, 3.63) is 23.8 Å². The van der Waals surface area contributed by atoms with E-state index in [0.29, 0.717) is 12.3 Å². The summed E-state index contributed by atoms with van der Waals surface area (Å²) >= 11 is 0. The molecule has 1 fully saturated rings. The minimum atomic E-state index is -3.79. The summed E-state index contributed by atoms with van der Waals surface area (Å²) in [5.74, 6) is 0.360. The van der Waals surface area contributed by atoms with Crippen LogP contribution in [0.25, 0.3) is 0 Å². The number of amides is 2. The van der Waals surface area contributed by atoms with Crippen LogP contribution in [0.4, 0.5) is 5.69 Å². The van der Waals surface area contributed by atoms with E-state index in [4.69, 9.17) is 0 Å². The lowest BCUT2D eigenvalue weighted by Crippen LogP contribution is -2.43. The molecule has 0 aromatic heterocycles. The van der Waals surface area contributed by atoms with Crippen LogP contribution in [0.5, 0.6) is 0 Å². The van der Waals surface area contributed by atoms with Gasteiger partial charge in [0.25, 0.3) is 0 Å². The second-order valence-electron chi connectivity index (χ2n) is 8.52. The van der Waals surface area contributed by atoms with Gasteiger partial charge in [0.15, 0.2) is 0 Å². The molecule has 29 heavy (non-hydrogen) atoms. The van der Waals surface area contributed by atoms with Crippen molar-refractivity contribution in [2.24, 2.45) is 5.92 Å². The molecule has 0 saturated heterocycles. The molecule has 7 nitrogen and oxygen atoms in total. The van der Waals surface area contributed by atoms with E-state index in [1.165, 1.54) is 20.0 Å². The fourth-order valence-corrected chi connectivity index (χ4v) is 5.57. The number of carbonyl (C=O) groups is 2.